The van der Waals surface area contributed by atoms with Crippen molar-refractivity contribution in [1.29, 1.82) is 0 Å². The van der Waals surface area contributed by atoms with Crippen LogP contribution in [0.5, 0.6) is 0 Å². The Hall–Kier alpha value is -3.46. The van der Waals surface area contributed by atoms with Gasteiger partial charge in [0.1, 0.15) is 18.1 Å². The van der Waals surface area contributed by atoms with Gasteiger partial charge in [0.25, 0.3) is 0 Å². The summed E-state index contributed by atoms with van der Waals surface area (Å²) in [6, 6.07) is -5.63. The average Bonchev–Trinajstić information content (AvgIpc) is 2.66. The van der Waals surface area contributed by atoms with Crippen molar-refractivity contribution in [2.45, 2.75) is 63.4 Å². The van der Waals surface area contributed by atoms with E-state index in [0.29, 0.717) is 0 Å². The minimum atomic E-state index is -1.63. The summed E-state index contributed by atoms with van der Waals surface area (Å²) in [5.74, 6) is -5.88. The minimum absolute atomic E-state index is 0.0512. The quantitative estimate of drug-likeness (QED) is 0.0679. The lowest BCUT2D eigenvalue weighted by Crippen LogP contribution is -2.60. The Bertz CT molecular complexity index is 722. The van der Waals surface area contributed by atoms with Gasteiger partial charge in [-0.1, -0.05) is 0 Å². The largest absolute Gasteiger partial charge is 0.481 e. The molecule has 15 nitrogen and oxygen atoms in total. The molecule has 0 fully saturated rings. The van der Waals surface area contributed by atoms with Crippen molar-refractivity contribution in [3.8, 4) is 0 Å². The number of nitrogens with one attached hydrogen (secondary N) is 3. The maximum Gasteiger partial charge on any atom is 0.326 e. The molecule has 0 aromatic heterocycles. The number of carboxylic acids is 2. The third-order valence-electron chi connectivity index (χ3n) is 4.05. The highest BCUT2D eigenvalue weighted by atomic mass is 16.4. The molecule has 0 bridgehead atoms. The molecule has 182 valence electrons. The van der Waals surface area contributed by atoms with Crippen LogP contribution in [0.2, 0.25) is 0 Å². The number of aliphatic hydroxyl groups is 1. The lowest BCUT2D eigenvalue weighted by molar-refractivity contribution is -0.144. The van der Waals surface area contributed by atoms with Crippen LogP contribution in [-0.2, 0) is 24.0 Å². The van der Waals surface area contributed by atoms with E-state index in [4.69, 9.17) is 22.3 Å². The summed E-state index contributed by atoms with van der Waals surface area (Å²) in [6.45, 7) is 2.59. The minimum Gasteiger partial charge on any atom is -0.481 e. The number of guanidine groups is 1. The maximum atomic E-state index is 12.5. The van der Waals surface area contributed by atoms with E-state index in [1.54, 1.807) is 0 Å². The number of hydrogen-bond donors (Lipinski definition) is 9. The van der Waals surface area contributed by atoms with Crippen molar-refractivity contribution < 1.29 is 39.3 Å². The molecule has 0 heterocycles. The first-order valence-electron chi connectivity index (χ1n) is 9.61. The second-order valence-electron chi connectivity index (χ2n) is 7.02. The van der Waals surface area contributed by atoms with Crippen molar-refractivity contribution in [2.24, 2.45) is 22.2 Å². The summed E-state index contributed by atoms with van der Waals surface area (Å²) in [7, 11) is 0. The normalized spacial score (nSPS) is 15.2. The van der Waals surface area contributed by atoms with Crippen LogP contribution >= 0.6 is 0 Å². The number of nitrogens with two attached hydrogens (primary N) is 3. The Morgan fingerprint density at radius 3 is 1.91 bits per heavy atom. The second-order valence-corrected chi connectivity index (χ2v) is 7.02. The molecule has 5 atom stereocenters. The third kappa shape index (κ3) is 11.1. The van der Waals surface area contributed by atoms with Gasteiger partial charge in [-0.15, -0.1) is 0 Å². The summed E-state index contributed by atoms with van der Waals surface area (Å²) >= 11 is 0. The van der Waals surface area contributed by atoms with Crippen molar-refractivity contribution in [3.05, 3.63) is 0 Å². The number of aliphatic carboxylic acids is 2. The number of nitrogens with zero attached hydrogens (tertiary/aromatic N) is 1. The van der Waals surface area contributed by atoms with Crippen molar-refractivity contribution in [1.82, 2.24) is 16.0 Å². The van der Waals surface area contributed by atoms with Gasteiger partial charge < -0.3 is 48.5 Å². The zero-order valence-corrected chi connectivity index (χ0v) is 17.8. The van der Waals surface area contributed by atoms with Gasteiger partial charge in [0.2, 0.25) is 17.7 Å². The Labute approximate surface area is 183 Å². The molecule has 0 rings (SSSR count). The molecule has 0 radical (unpaired) electrons. The fraction of sp³-hybridized carbons (Fsp3) is 0.647. The highest BCUT2D eigenvalue weighted by molar-refractivity contribution is 5.95. The fourth-order valence-corrected chi connectivity index (χ4v) is 2.37. The lowest BCUT2D eigenvalue weighted by Gasteiger charge is -2.25. The summed E-state index contributed by atoms with van der Waals surface area (Å²) in [4.78, 5) is 62.9. The predicted octanol–water partition coefficient (Wildman–Crippen LogP) is -4.22. The lowest BCUT2D eigenvalue weighted by atomic mass is 10.1. The average molecular weight is 461 g/mol. The first-order valence-corrected chi connectivity index (χ1v) is 9.61. The Kier molecular flexibility index (Phi) is 12.3. The highest BCUT2D eigenvalue weighted by Gasteiger charge is 2.33. The molecule has 0 aromatic carbocycles. The van der Waals surface area contributed by atoms with Crippen molar-refractivity contribution >= 4 is 35.6 Å². The Morgan fingerprint density at radius 1 is 0.906 bits per heavy atom. The molecule has 32 heavy (non-hydrogen) atoms. The number of rotatable bonds is 14. The van der Waals surface area contributed by atoms with Crippen LogP contribution in [0.1, 0.15) is 33.1 Å². The van der Waals surface area contributed by atoms with E-state index in [1.165, 1.54) is 6.92 Å². The molecule has 15 heteroatoms. The fourth-order valence-electron chi connectivity index (χ4n) is 2.37. The van der Waals surface area contributed by atoms with E-state index in [1.807, 2.05) is 0 Å². The van der Waals surface area contributed by atoms with Crippen LogP contribution < -0.4 is 33.2 Å². The Balaban J connectivity index is 5.30. The monoisotopic (exact) mass is 461 g/mol. The first-order chi connectivity index (χ1) is 14.8. The summed E-state index contributed by atoms with van der Waals surface area (Å²) in [5, 5.41) is 34.6. The van der Waals surface area contributed by atoms with Gasteiger partial charge in [-0.2, -0.15) is 0 Å². The molecule has 0 spiro atoms. The van der Waals surface area contributed by atoms with Gasteiger partial charge in [0.15, 0.2) is 5.96 Å². The van der Waals surface area contributed by atoms with Gasteiger partial charge in [-0.05, 0) is 26.7 Å². The number of aliphatic hydroxyl groups excluding tert-OH is 1. The van der Waals surface area contributed by atoms with E-state index >= 15 is 0 Å². The molecule has 3 amide bonds. The molecule has 0 saturated heterocycles. The van der Waals surface area contributed by atoms with Crippen LogP contribution in [0.3, 0.4) is 0 Å². The van der Waals surface area contributed by atoms with Gasteiger partial charge in [-0.25, -0.2) is 4.79 Å². The van der Waals surface area contributed by atoms with Gasteiger partial charge in [0, 0.05) is 6.54 Å². The SMILES string of the molecule is CC(N)C(=O)NC(CC(=O)O)C(=O)NC(C(=O)NC(CCCN=C(N)N)C(=O)O)C(C)O. The number of carbonyl (C=O) groups excluding carboxylic acids is 3. The standard InChI is InChI=1S/C17H31N7O8/c1-7(18)13(28)23-10(6-11(26)27)14(29)24-12(8(2)25)15(30)22-9(16(31)32)4-3-5-21-17(19)20/h7-10,12,25H,3-6,18H2,1-2H3,(H,22,30)(H,23,28)(H,24,29)(H,26,27)(H,31,32)(H4,19,20,21). The molecular formula is C17H31N7O8. The number of hydrogen-bond acceptors (Lipinski definition) is 8. The number of carboxylic acid groups (broad SMARTS) is 2. The molecule has 0 saturated carbocycles. The number of amides is 3. The summed E-state index contributed by atoms with van der Waals surface area (Å²) in [5.41, 5.74) is 15.7. The summed E-state index contributed by atoms with van der Waals surface area (Å²) < 4.78 is 0. The van der Waals surface area contributed by atoms with Crippen LogP contribution in [0.15, 0.2) is 4.99 Å². The molecule has 0 aliphatic carbocycles. The van der Waals surface area contributed by atoms with Crippen LogP contribution in [0.4, 0.5) is 0 Å². The van der Waals surface area contributed by atoms with E-state index < -0.39 is 66.4 Å². The number of carbonyl (C=O) groups is 5. The summed E-state index contributed by atoms with van der Waals surface area (Å²) in [6.07, 6.45) is -2.14. The second kappa shape index (κ2) is 13.8. The molecule has 0 aliphatic heterocycles. The van der Waals surface area contributed by atoms with E-state index in [9.17, 15) is 34.2 Å². The molecule has 12 N–H and O–H groups in total. The predicted molar refractivity (Wildman–Crippen MR) is 111 cm³/mol. The molecule has 0 aliphatic rings. The van der Waals surface area contributed by atoms with Crippen LogP contribution in [-0.4, -0.2) is 87.8 Å². The van der Waals surface area contributed by atoms with E-state index in [-0.39, 0.29) is 25.3 Å². The topological polar surface area (TPSA) is 273 Å². The van der Waals surface area contributed by atoms with Gasteiger partial charge in [-0.3, -0.25) is 24.2 Å². The first kappa shape index (κ1) is 28.5. The van der Waals surface area contributed by atoms with Crippen molar-refractivity contribution in [3.63, 3.8) is 0 Å². The van der Waals surface area contributed by atoms with Crippen molar-refractivity contribution in [2.75, 3.05) is 6.54 Å². The van der Waals surface area contributed by atoms with E-state index in [0.717, 1.165) is 6.92 Å². The maximum absolute atomic E-state index is 12.5. The highest BCUT2D eigenvalue weighted by Crippen LogP contribution is 2.03. The zero-order chi connectivity index (χ0) is 25.0. The van der Waals surface area contributed by atoms with E-state index in [2.05, 4.69) is 20.9 Å². The zero-order valence-electron chi connectivity index (χ0n) is 17.8. The molecular weight excluding hydrogens is 430 g/mol. The van der Waals surface area contributed by atoms with Crippen LogP contribution in [0, 0.1) is 0 Å². The smallest absolute Gasteiger partial charge is 0.326 e. The van der Waals surface area contributed by atoms with Gasteiger partial charge in [0.05, 0.1) is 18.6 Å². The van der Waals surface area contributed by atoms with Gasteiger partial charge >= 0.3 is 11.9 Å². The number of aliphatic imine (C=N–C) groups is 1. The molecule has 0 aromatic rings. The third-order valence-corrected chi connectivity index (χ3v) is 4.05. The molecule has 5 unspecified atom stereocenters. The van der Waals surface area contributed by atoms with Crippen LogP contribution in [0.25, 0.3) is 0 Å². The Morgan fingerprint density at radius 2 is 1.47 bits per heavy atom.